The molecule has 1 unspecified atom stereocenters. The molecule has 0 aromatic carbocycles. The zero-order chi connectivity index (χ0) is 15.1. The van der Waals surface area contributed by atoms with Crippen LogP contribution in [0.4, 0.5) is 0 Å². The van der Waals surface area contributed by atoms with E-state index >= 15 is 0 Å². The molecule has 19 heavy (non-hydrogen) atoms. The average molecular weight is 273 g/mol. The molecular formula is C12H19NO6. The number of ether oxygens (including phenoxy) is 2. The van der Waals surface area contributed by atoms with Crippen LogP contribution in [0.5, 0.6) is 0 Å². The van der Waals surface area contributed by atoms with Crippen molar-refractivity contribution in [1.82, 2.24) is 0 Å². The normalized spacial score (nSPS) is 13.2. The average Bonchev–Trinajstić information content (AvgIpc) is 2.35. The van der Waals surface area contributed by atoms with Gasteiger partial charge in [0, 0.05) is 0 Å². The summed E-state index contributed by atoms with van der Waals surface area (Å²) < 4.78 is 9.48. The first kappa shape index (κ1) is 17.1. The van der Waals surface area contributed by atoms with Gasteiger partial charge in [0.05, 0.1) is 19.6 Å². The van der Waals surface area contributed by atoms with E-state index in [0.717, 1.165) is 0 Å². The molecule has 0 rings (SSSR count). The lowest BCUT2D eigenvalue weighted by Crippen LogP contribution is -2.48. The minimum atomic E-state index is -1.89. The first-order chi connectivity index (χ1) is 8.85. The molecule has 2 N–H and O–H groups in total. The summed E-state index contributed by atoms with van der Waals surface area (Å²) in [6.07, 6.45) is -0.635. The molecule has 0 saturated heterocycles. The first-order valence-corrected chi connectivity index (χ1v) is 6.02. The Labute approximate surface area is 111 Å². The molecule has 0 saturated carbocycles. The fraction of sp³-hybridized carbons (Fsp3) is 0.667. The Morgan fingerprint density at radius 3 is 1.89 bits per heavy atom. The minimum absolute atomic E-state index is 0.0233. The Hall–Kier alpha value is -1.92. The Balaban J connectivity index is 5.41. The van der Waals surface area contributed by atoms with Crippen molar-refractivity contribution in [3.8, 4) is 0 Å². The van der Waals surface area contributed by atoms with Crippen LogP contribution >= 0.6 is 0 Å². The van der Waals surface area contributed by atoms with Crippen molar-refractivity contribution in [2.45, 2.75) is 33.6 Å². The molecule has 0 aliphatic heterocycles. The largest absolute Gasteiger partial charge is 0.466 e. The van der Waals surface area contributed by atoms with E-state index in [4.69, 9.17) is 15.2 Å². The van der Waals surface area contributed by atoms with Crippen LogP contribution in [0.2, 0.25) is 0 Å². The van der Waals surface area contributed by atoms with E-state index in [0.29, 0.717) is 0 Å². The van der Waals surface area contributed by atoms with E-state index in [9.17, 15) is 19.2 Å². The van der Waals surface area contributed by atoms with Crippen LogP contribution in [0.25, 0.3) is 0 Å². The van der Waals surface area contributed by atoms with Crippen molar-refractivity contribution >= 4 is 23.6 Å². The zero-order valence-corrected chi connectivity index (χ0v) is 11.4. The van der Waals surface area contributed by atoms with Crippen LogP contribution in [0.3, 0.4) is 0 Å². The number of ketones is 1. The molecule has 7 nitrogen and oxygen atoms in total. The van der Waals surface area contributed by atoms with Gasteiger partial charge in [-0.1, -0.05) is 6.92 Å². The summed E-state index contributed by atoms with van der Waals surface area (Å²) in [5.74, 6) is -4.11. The molecule has 0 spiro atoms. The van der Waals surface area contributed by atoms with Gasteiger partial charge in [0.15, 0.2) is 0 Å². The number of nitrogens with two attached hydrogens (primary N) is 1. The SMILES string of the molecule is CCOC(=O)CC(CC)(C(=O)OCC)C(=O)C(N)=O. The van der Waals surface area contributed by atoms with Gasteiger partial charge in [-0.15, -0.1) is 0 Å². The van der Waals surface area contributed by atoms with Crippen molar-refractivity contribution in [1.29, 1.82) is 0 Å². The quantitative estimate of drug-likeness (QED) is 0.377. The van der Waals surface area contributed by atoms with Gasteiger partial charge in [-0.05, 0) is 20.3 Å². The number of carbonyl (C=O) groups is 4. The summed E-state index contributed by atoms with van der Waals surface area (Å²) >= 11 is 0. The maximum atomic E-state index is 11.9. The van der Waals surface area contributed by atoms with E-state index in [-0.39, 0.29) is 19.6 Å². The van der Waals surface area contributed by atoms with Crippen molar-refractivity contribution in [2.24, 2.45) is 11.1 Å². The highest BCUT2D eigenvalue weighted by molar-refractivity contribution is 6.41. The molecule has 108 valence electrons. The molecule has 1 atom stereocenters. The van der Waals surface area contributed by atoms with Crippen LogP contribution in [0.15, 0.2) is 0 Å². The van der Waals surface area contributed by atoms with Gasteiger partial charge in [-0.3, -0.25) is 19.2 Å². The monoisotopic (exact) mass is 273 g/mol. The summed E-state index contributed by atoms with van der Waals surface area (Å²) in [5.41, 5.74) is 3.04. The predicted octanol–water partition coefficient (Wildman–Crippen LogP) is -0.0465. The van der Waals surface area contributed by atoms with Crippen LogP contribution in [0, 0.1) is 5.41 Å². The smallest absolute Gasteiger partial charge is 0.320 e. The maximum absolute atomic E-state index is 11.9. The highest BCUT2D eigenvalue weighted by Crippen LogP contribution is 2.30. The van der Waals surface area contributed by atoms with Crippen LogP contribution in [-0.2, 0) is 28.7 Å². The molecule has 0 aliphatic carbocycles. The van der Waals surface area contributed by atoms with E-state index in [2.05, 4.69) is 0 Å². The third kappa shape index (κ3) is 4.04. The lowest BCUT2D eigenvalue weighted by Gasteiger charge is -2.26. The Morgan fingerprint density at radius 1 is 1.00 bits per heavy atom. The van der Waals surface area contributed by atoms with E-state index in [1.807, 2.05) is 0 Å². The maximum Gasteiger partial charge on any atom is 0.320 e. The van der Waals surface area contributed by atoms with E-state index in [1.165, 1.54) is 6.92 Å². The summed E-state index contributed by atoms with van der Waals surface area (Å²) in [6, 6.07) is 0. The number of Topliss-reactive ketones (excluding diaryl/α,β-unsaturated/α-hetero) is 1. The predicted molar refractivity (Wildman–Crippen MR) is 64.8 cm³/mol. The fourth-order valence-electron chi connectivity index (χ4n) is 1.64. The van der Waals surface area contributed by atoms with Gasteiger partial charge < -0.3 is 15.2 Å². The summed E-state index contributed by atoms with van der Waals surface area (Å²) in [4.78, 5) is 46.4. The van der Waals surface area contributed by atoms with Gasteiger partial charge in [-0.25, -0.2) is 0 Å². The van der Waals surface area contributed by atoms with Crippen LogP contribution in [0.1, 0.15) is 33.6 Å². The highest BCUT2D eigenvalue weighted by atomic mass is 16.5. The number of carbonyl (C=O) groups excluding carboxylic acids is 4. The number of rotatable bonds is 8. The van der Waals surface area contributed by atoms with Crippen molar-refractivity contribution in [3.05, 3.63) is 0 Å². The molecule has 0 aromatic rings. The summed E-state index contributed by atoms with van der Waals surface area (Å²) in [7, 11) is 0. The molecule has 0 aliphatic rings. The minimum Gasteiger partial charge on any atom is -0.466 e. The Morgan fingerprint density at radius 2 is 1.53 bits per heavy atom. The number of amides is 1. The lowest BCUT2D eigenvalue weighted by atomic mass is 9.77. The second kappa shape index (κ2) is 7.50. The van der Waals surface area contributed by atoms with Crippen molar-refractivity contribution in [3.63, 3.8) is 0 Å². The van der Waals surface area contributed by atoms with Gasteiger partial charge in [0.1, 0.15) is 5.41 Å². The summed E-state index contributed by atoms with van der Waals surface area (Å²) in [5, 5.41) is 0. The highest BCUT2D eigenvalue weighted by Gasteiger charge is 2.50. The number of hydrogen-bond donors (Lipinski definition) is 1. The molecule has 0 aromatic heterocycles. The van der Waals surface area contributed by atoms with Crippen LogP contribution in [-0.4, -0.2) is 36.8 Å². The Bertz CT molecular complexity index is 378. The molecule has 0 fully saturated rings. The molecule has 7 heteroatoms. The van der Waals surface area contributed by atoms with E-state index in [1.54, 1.807) is 13.8 Å². The second-order valence-electron chi connectivity index (χ2n) is 3.83. The van der Waals surface area contributed by atoms with Gasteiger partial charge in [-0.2, -0.15) is 0 Å². The number of primary amides is 1. The number of esters is 2. The molecule has 0 radical (unpaired) electrons. The first-order valence-electron chi connectivity index (χ1n) is 6.02. The van der Waals surface area contributed by atoms with E-state index < -0.39 is 35.5 Å². The molecule has 1 amide bonds. The van der Waals surface area contributed by atoms with Gasteiger partial charge >= 0.3 is 11.9 Å². The molecule has 0 bridgehead atoms. The lowest BCUT2D eigenvalue weighted by molar-refractivity contribution is -0.168. The van der Waals surface area contributed by atoms with Crippen molar-refractivity contribution in [2.75, 3.05) is 13.2 Å². The number of hydrogen-bond acceptors (Lipinski definition) is 6. The fourth-order valence-corrected chi connectivity index (χ4v) is 1.64. The second-order valence-corrected chi connectivity index (χ2v) is 3.83. The van der Waals surface area contributed by atoms with Crippen LogP contribution < -0.4 is 5.73 Å². The van der Waals surface area contributed by atoms with Gasteiger partial charge in [0.2, 0.25) is 5.78 Å². The summed E-state index contributed by atoms with van der Waals surface area (Å²) in [6.45, 7) is 4.77. The Kier molecular flexibility index (Phi) is 6.74. The molecule has 0 heterocycles. The third-order valence-corrected chi connectivity index (χ3v) is 2.68. The zero-order valence-electron chi connectivity index (χ0n) is 11.4. The topological polar surface area (TPSA) is 113 Å². The molecular weight excluding hydrogens is 254 g/mol. The van der Waals surface area contributed by atoms with Gasteiger partial charge in [0.25, 0.3) is 5.91 Å². The van der Waals surface area contributed by atoms with Crippen molar-refractivity contribution < 1.29 is 28.7 Å². The standard InChI is InChI=1S/C12H19NO6/c1-4-12(9(15)10(13)16,11(17)19-6-3)7-8(14)18-5-2/h4-7H2,1-3H3,(H2,13,16). The third-order valence-electron chi connectivity index (χ3n) is 2.68.